The largest absolute Gasteiger partial charge is 0.326 e. The molecule has 0 aliphatic heterocycles. The Bertz CT molecular complexity index is 938. The molecule has 6 N–H and O–H groups in total. The third-order valence-electron chi connectivity index (χ3n) is 8.90. The highest BCUT2D eigenvalue weighted by Crippen LogP contribution is 2.57. The Kier molecular flexibility index (Phi) is 6.80. The average Bonchev–Trinajstić information content (AvgIpc) is 2.53. The van der Waals surface area contributed by atoms with Crippen LogP contribution < -0.4 is 17.2 Å². The van der Waals surface area contributed by atoms with Gasteiger partial charge < -0.3 is 17.2 Å². The molecule has 3 heteroatoms. The zero-order chi connectivity index (χ0) is 27.0. The van der Waals surface area contributed by atoms with Crippen LogP contribution in [0.4, 0.5) is 0 Å². The summed E-state index contributed by atoms with van der Waals surface area (Å²) in [6.07, 6.45) is 6.46. The van der Waals surface area contributed by atoms with Gasteiger partial charge in [0.25, 0.3) is 0 Å². The molecule has 0 bridgehead atoms. The topological polar surface area (TPSA) is 78.1 Å². The van der Waals surface area contributed by atoms with Crippen LogP contribution in [0.2, 0.25) is 0 Å². The minimum Gasteiger partial charge on any atom is -0.326 e. The van der Waals surface area contributed by atoms with Crippen LogP contribution in [0.15, 0.2) is 12.1 Å². The van der Waals surface area contributed by atoms with E-state index in [0.29, 0.717) is 0 Å². The van der Waals surface area contributed by atoms with Crippen molar-refractivity contribution in [1.82, 2.24) is 0 Å². The first-order valence-corrected chi connectivity index (χ1v) is 14.0. The van der Waals surface area contributed by atoms with Crippen LogP contribution >= 0.6 is 0 Å². The van der Waals surface area contributed by atoms with Crippen molar-refractivity contribution in [3.8, 4) is 0 Å². The van der Waals surface area contributed by atoms with Crippen molar-refractivity contribution < 1.29 is 0 Å². The predicted molar refractivity (Wildman–Crippen MR) is 153 cm³/mol. The van der Waals surface area contributed by atoms with E-state index in [9.17, 15) is 0 Å². The van der Waals surface area contributed by atoms with Crippen LogP contribution in [0.1, 0.15) is 144 Å². The number of benzene rings is 1. The van der Waals surface area contributed by atoms with Crippen LogP contribution in [0.5, 0.6) is 0 Å². The molecule has 1 aromatic carbocycles. The first-order valence-electron chi connectivity index (χ1n) is 14.0. The zero-order valence-corrected chi connectivity index (χ0v) is 25.2. The molecule has 0 amide bonds. The summed E-state index contributed by atoms with van der Waals surface area (Å²) in [7, 11) is 0. The lowest BCUT2D eigenvalue weighted by molar-refractivity contribution is 0.126. The lowest BCUT2D eigenvalue weighted by Gasteiger charge is -2.55. The maximum atomic E-state index is 6.63. The van der Waals surface area contributed by atoms with Crippen molar-refractivity contribution in [2.75, 3.05) is 0 Å². The number of nitrogens with two attached hydrogens (primary N) is 3. The van der Waals surface area contributed by atoms with Crippen molar-refractivity contribution >= 4 is 0 Å². The molecule has 2 aliphatic carbocycles. The Hall–Kier alpha value is -0.900. The van der Waals surface area contributed by atoms with Gasteiger partial charge in [-0.15, -0.1) is 0 Å². The van der Waals surface area contributed by atoms with Gasteiger partial charge >= 0.3 is 0 Å². The lowest BCUT2D eigenvalue weighted by atomic mass is 9.51. The third-order valence-corrected chi connectivity index (χ3v) is 8.90. The maximum Gasteiger partial charge on any atom is 0.0142 e. The summed E-state index contributed by atoms with van der Waals surface area (Å²) in [5, 5.41) is 0. The molecular formula is C32H57N3. The second kappa shape index (κ2) is 8.30. The smallest absolute Gasteiger partial charge is 0.0142 e. The SMILES string of the molecule is CC1CC(C)(c2cc(C(C)(C)CC(C)(C)N)c(C(C)(C)CC(C)(C)N)cc2C2(C)CC(C)(N)C2)C1. The van der Waals surface area contributed by atoms with Gasteiger partial charge in [-0.2, -0.15) is 0 Å². The van der Waals surface area contributed by atoms with Crippen LogP contribution in [0.3, 0.4) is 0 Å². The van der Waals surface area contributed by atoms with Gasteiger partial charge in [0, 0.05) is 16.6 Å². The molecule has 0 unspecified atom stereocenters. The molecule has 1 aromatic rings. The first kappa shape index (κ1) is 28.7. The van der Waals surface area contributed by atoms with Crippen molar-refractivity contribution in [3.05, 3.63) is 34.4 Å². The van der Waals surface area contributed by atoms with E-state index in [4.69, 9.17) is 17.2 Å². The van der Waals surface area contributed by atoms with E-state index >= 15 is 0 Å². The van der Waals surface area contributed by atoms with Gasteiger partial charge in [0.05, 0.1) is 0 Å². The van der Waals surface area contributed by atoms with Crippen LogP contribution in [0, 0.1) is 5.92 Å². The summed E-state index contributed by atoms with van der Waals surface area (Å²) in [6, 6.07) is 5.22. The average molecular weight is 484 g/mol. The zero-order valence-electron chi connectivity index (χ0n) is 25.2. The van der Waals surface area contributed by atoms with Gasteiger partial charge in [-0.25, -0.2) is 0 Å². The summed E-state index contributed by atoms with van der Waals surface area (Å²) in [6.45, 7) is 27.7. The Labute approximate surface area is 217 Å². The normalized spacial score (nSPS) is 32.3. The van der Waals surface area contributed by atoms with Crippen LogP contribution in [-0.4, -0.2) is 16.6 Å². The summed E-state index contributed by atoms with van der Waals surface area (Å²) in [5.41, 5.74) is 25.6. The highest BCUT2D eigenvalue weighted by Gasteiger charge is 2.52. The Balaban J connectivity index is 2.31. The Morgan fingerprint density at radius 3 is 1.34 bits per heavy atom. The molecule has 0 saturated heterocycles. The fourth-order valence-corrected chi connectivity index (χ4v) is 8.81. The van der Waals surface area contributed by atoms with Crippen molar-refractivity contribution in [2.24, 2.45) is 23.1 Å². The quantitative estimate of drug-likeness (QED) is 0.374. The van der Waals surface area contributed by atoms with E-state index in [1.165, 1.54) is 24.0 Å². The molecule has 3 rings (SSSR count). The fraction of sp³-hybridized carbons (Fsp3) is 0.812. The van der Waals surface area contributed by atoms with Gasteiger partial charge in [0.15, 0.2) is 0 Å². The van der Waals surface area contributed by atoms with Crippen molar-refractivity contribution in [1.29, 1.82) is 0 Å². The molecule has 0 atom stereocenters. The molecule has 3 nitrogen and oxygen atoms in total. The summed E-state index contributed by atoms with van der Waals surface area (Å²) in [4.78, 5) is 0. The van der Waals surface area contributed by atoms with E-state index < -0.39 is 0 Å². The maximum absolute atomic E-state index is 6.63. The second-order valence-electron chi connectivity index (χ2n) is 16.7. The van der Waals surface area contributed by atoms with E-state index in [0.717, 1.165) is 31.6 Å². The highest BCUT2D eigenvalue weighted by molar-refractivity contribution is 5.53. The molecule has 200 valence electrons. The molecular weight excluding hydrogens is 426 g/mol. The Morgan fingerprint density at radius 1 is 0.714 bits per heavy atom. The van der Waals surface area contributed by atoms with Crippen molar-refractivity contribution in [3.63, 3.8) is 0 Å². The summed E-state index contributed by atoms with van der Waals surface area (Å²) < 4.78 is 0. The van der Waals surface area contributed by atoms with Crippen LogP contribution in [0.25, 0.3) is 0 Å². The van der Waals surface area contributed by atoms with Gasteiger partial charge in [0.2, 0.25) is 0 Å². The fourth-order valence-electron chi connectivity index (χ4n) is 8.81. The van der Waals surface area contributed by atoms with Gasteiger partial charge in [0.1, 0.15) is 0 Å². The van der Waals surface area contributed by atoms with Gasteiger partial charge in [-0.05, 0) is 123 Å². The first-order chi connectivity index (χ1) is 15.4. The standard InChI is InChI=1S/C32H57N3/c1-21-15-30(10,16-21)24-13-22(26(2,3)17-28(6,7)33)23(27(4,5)18-29(8,9)34)14-25(24)31(11)19-32(12,35)20-31/h13-14,21H,15-20,33-35H2,1-12H3. The van der Waals surface area contributed by atoms with Gasteiger partial charge in [-0.1, -0.05) is 60.6 Å². The number of hydrogen-bond donors (Lipinski definition) is 3. The Morgan fingerprint density at radius 2 is 1.06 bits per heavy atom. The summed E-state index contributed by atoms with van der Waals surface area (Å²) in [5.74, 6) is 0.787. The monoisotopic (exact) mass is 483 g/mol. The molecule has 2 fully saturated rings. The lowest BCUT2D eigenvalue weighted by Crippen LogP contribution is -2.58. The number of hydrogen-bond acceptors (Lipinski definition) is 3. The molecule has 35 heavy (non-hydrogen) atoms. The van der Waals surface area contributed by atoms with E-state index in [2.05, 4.69) is 95.2 Å². The van der Waals surface area contributed by atoms with E-state index in [1.807, 2.05) is 0 Å². The summed E-state index contributed by atoms with van der Waals surface area (Å²) >= 11 is 0. The highest BCUT2D eigenvalue weighted by atomic mass is 14.8. The molecule has 0 spiro atoms. The second-order valence-corrected chi connectivity index (χ2v) is 16.7. The minimum absolute atomic E-state index is 0.0501. The van der Waals surface area contributed by atoms with E-state index in [1.54, 1.807) is 11.1 Å². The molecule has 2 saturated carbocycles. The van der Waals surface area contributed by atoms with Crippen molar-refractivity contribution in [2.45, 2.75) is 160 Å². The number of rotatable bonds is 8. The molecule has 2 aliphatic rings. The predicted octanol–water partition coefficient (Wildman–Crippen LogP) is 6.95. The minimum atomic E-state index is -0.248. The third kappa shape index (κ3) is 5.99. The van der Waals surface area contributed by atoms with Gasteiger partial charge in [-0.3, -0.25) is 0 Å². The molecule has 0 radical (unpaired) electrons. The molecule has 0 heterocycles. The van der Waals surface area contributed by atoms with E-state index in [-0.39, 0.29) is 38.3 Å². The molecule has 0 aromatic heterocycles. The van der Waals surface area contributed by atoms with Crippen LogP contribution in [-0.2, 0) is 21.7 Å².